The number of fused-ring (bicyclic) bond motifs is 1. The van der Waals surface area contributed by atoms with Crippen LogP contribution in [0.3, 0.4) is 0 Å². The standard InChI is InChI=1S/C28H28BrFN4O2/c1-18-26(25-22(32(2)28(18)35)12-13-24(29)31-25)33-14-16-34(17-15-33)27(19-8-10-20(30)11-9-19)21-6-4-5-7-23(21)36-3/h4-13,27H,14-17H2,1-3H3/t27-/m0/s1. The molecule has 0 aliphatic carbocycles. The smallest absolute Gasteiger partial charge is 0.255 e. The second-order valence-electron chi connectivity index (χ2n) is 9.06. The fraction of sp³-hybridized carbons (Fsp3) is 0.286. The van der Waals surface area contributed by atoms with Crippen LogP contribution in [-0.2, 0) is 7.05 Å². The fourth-order valence-electron chi connectivity index (χ4n) is 5.23. The third-order valence-corrected chi connectivity index (χ3v) is 7.46. The van der Waals surface area contributed by atoms with Crippen LogP contribution < -0.4 is 15.2 Å². The summed E-state index contributed by atoms with van der Waals surface area (Å²) in [5.74, 6) is 0.547. The van der Waals surface area contributed by atoms with Gasteiger partial charge in [0, 0.05) is 44.4 Å². The minimum Gasteiger partial charge on any atom is -0.496 e. The van der Waals surface area contributed by atoms with Crippen LogP contribution >= 0.6 is 15.9 Å². The number of hydrogen-bond acceptors (Lipinski definition) is 5. The van der Waals surface area contributed by atoms with Gasteiger partial charge in [0.2, 0.25) is 0 Å². The van der Waals surface area contributed by atoms with Gasteiger partial charge in [0.15, 0.2) is 0 Å². The fourth-order valence-corrected chi connectivity index (χ4v) is 5.54. The first-order chi connectivity index (χ1) is 17.4. The van der Waals surface area contributed by atoms with E-state index >= 15 is 0 Å². The lowest BCUT2D eigenvalue weighted by atomic mass is 9.95. The van der Waals surface area contributed by atoms with Gasteiger partial charge in [0.05, 0.1) is 24.4 Å². The lowest BCUT2D eigenvalue weighted by molar-refractivity contribution is 0.209. The molecule has 1 aliphatic rings. The largest absolute Gasteiger partial charge is 0.496 e. The summed E-state index contributed by atoms with van der Waals surface area (Å²) in [5, 5.41) is 0. The summed E-state index contributed by atoms with van der Waals surface area (Å²) in [6.07, 6.45) is 0. The Balaban J connectivity index is 1.51. The Morgan fingerprint density at radius 2 is 1.69 bits per heavy atom. The Kier molecular flexibility index (Phi) is 6.81. The molecule has 0 N–H and O–H groups in total. The van der Waals surface area contributed by atoms with Crippen molar-refractivity contribution in [3.05, 3.63) is 98.1 Å². The van der Waals surface area contributed by atoms with Crippen LogP contribution in [0.25, 0.3) is 11.0 Å². The summed E-state index contributed by atoms with van der Waals surface area (Å²) in [6.45, 7) is 4.84. The van der Waals surface area contributed by atoms with Crippen LogP contribution in [-0.4, -0.2) is 47.7 Å². The van der Waals surface area contributed by atoms with Crippen LogP contribution in [0.5, 0.6) is 5.75 Å². The van der Waals surface area contributed by atoms with Crippen molar-refractivity contribution in [3.63, 3.8) is 0 Å². The molecule has 2 aromatic carbocycles. The number of nitrogens with zero attached hydrogens (tertiary/aromatic N) is 4. The maximum atomic E-state index is 13.8. The van der Waals surface area contributed by atoms with Crippen molar-refractivity contribution in [1.82, 2.24) is 14.5 Å². The van der Waals surface area contributed by atoms with E-state index in [0.717, 1.165) is 64.4 Å². The molecule has 1 atom stereocenters. The quantitative estimate of drug-likeness (QED) is 0.325. The minimum absolute atomic E-state index is 0.0118. The van der Waals surface area contributed by atoms with Gasteiger partial charge in [-0.3, -0.25) is 9.69 Å². The highest BCUT2D eigenvalue weighted by molar-refractivity contribution is 9.10. The summed E-state index contributed by atoms with van der Waals surface area (Å²) in [5.41, 5.74) is 5.26. The molecule has 4 aromatic rings. The number of hydrogen-bond donors (Lipinski definition) is 0. The van der Waals surface area contributed by atoms with Crippen molar-refractivity contribution in [2.45, 2.75) is 13.0 Å². The van der Waals surface area contributed by atoms with Crippen LogP contribution in [0.4, 0.5) is 10.1 Å². The number of piperazine rings is 1. The van der Waals surface area contributed by atoms with Crippen molar-refractivity contribution in [1.29, 1.82) is 0 Å². The highest BCUT2D eigenvalue weighted by Gasteiger charge is 2.30. The second kappa shape index (κ2) is 10.0. The Labute approximate surface area is 218 Å². The molecule has 36 heavy (non-hydrogen) atoms. The van der Waals surface area contributed by atoms with Gasteiger partial charge in [-0.25, -0.2) is 9.37 Å². The molecule has 0 saturated carbocycles. The summed E-state index contributed by atoms with van der Waals surface area (Å²) in [7, 11) is 3.46. The highest BCUT2D eigenvalue weighted by atomic mass is 79.9. The Hall–Kier alpha value is -3.23. The zero-order valence-electron chi connectivity index (χ0n) is 20.5. The molecule has 3 heterocycles. The molecular formula is C28H28BrFN4O2. The predicted molar refractivity (Wildman–Crippen MR) is 144 cm³/mol. The van der Waals surface area contributed by atoms with E-state index in [9.17, 15) is 9.18 Å². The molecule has 2 aromatic heterocycles. The molecule has 0 unspecified atom stereocenters. The number of anilines is 1. The number of ether oxygens (including phenoxy) is 1. The lowest BCUT2D eigenvalue weighted by Crippen LogP contribution is -2.48. The van der Waals surface area contributed by atoms with Crippen LogP contribution in [0.15, 0.2) is 70.1 Å². The van der Waals surface area contributed by atoms with E-state index in [2.05, 4.69) is 31.8 Å². The van der Waals surface area contributed by atoms with Gasteiger partial charge in [-0.1, -0.05) is 30.3 Å². The number of pyridine rings is 2. The van der Waals surface area contributed by atoms with E-state index in [0.29, 0.717) is 5.56 Å². The zero-order chi connectivity index (χ0) is 25.4. The van der Waals surface area contributed by atoms with E-state index in [1.165, 1.54) is 12.1 Å². The van der Waals surface area contributed by atoms with Gasteiger partial charge in [0.25, 0.3) is 5.56 Å². The number of aryl methyl sites for hydroxylation is 1. The first-order valence-electron chi connectivity index (χ1n) is 11.9. The first kappa shape index (κ1) is 24.5. The molecule has 0 spiro atoms. The molecule has 0 radical (unpaired) electrons. The number of para-hydroxylation sites is 1. The molecule has 0 bridgehead atoms. The lowest BCUT2D eigenvalue weighted by Gasteiger charge is -2.41. The number of aromatic nitrogens is 2. The molecule has 186 valence electrons. The molecule has 1 saturated heterocycles. The van der Waals surface area contributed by atoms with Gasteiger partial charge in [-0.05, 0) is 58.7 Å². The molecular weight excluding hydrogens is 523 g/mol. The van der Waals surface area contributed by atoms with Crippen LogP contribution in [0.2, 0.25) is 0 Å². The molecule has 8 heteroatoms. The van der Waals surface area contributed by atoms with E-state index in [1.54, 1.807) is 18.7 Å². The average Bonchev–Trinajstić information content (AvgIpc) is 2.90. The number of methoxy groups -OCH3 is 1. The zero-order valence-corrected chi connectivity index (χ0v) is 22.1. The van der Waals surface area contributed by atoms with Crippen LogP contribution in [0, 0.1) is 12.7 Å². The third kappa shape index (κ3) is 4.40. The molecule has 0 amide bonds. The van der Waals surface area contributed by atoms with Gasteiger partial charge >= 0.3 is 0 Å². The SMILES string of the molecule is COc1ccccc1[C@H](c1ccc(F)cc1)N1CCN(c2c(C)c(=O)n(C)c3ccc(Br)nc23)CC1. The predicted octanol–water partition coefficient (Wildman–Crippen LogP) is 5.06. The minimum atomic E-state index is -0.256. The van der Waals surface area contributed by atoms with E-state index < -0.39 is 0 Å². The Morgan fingerprint density at radius 3 is 2.39 bits per heavy atom. The number of halogens is 2. The molecule has 6 nitrogen and oxygen atoms in total. The summed E-state index contributed by atoms with van der Waals surface area (Å²) in [6, 6.07) is 18.4. The van der Waals surface area contributed by atoms with Crippen molar-refractivity contribution >= 4 is 32.7 Å². The monoisotopic (exact) mass is 550 g/mol. The van der Waals surface area contributed by atoms with E-state index in [1.807, 2.05) is 49.4 Å². The summed E-state index contributed by atoms with van der Waals surface area (Å²) < 4.78 is 21.8. The van der Waals surface area contributed by atoms with Crippen molar-refractivity contribution in [3.8, 4) is 5.75 Å². The van der Waals surface area contributed by atoms with Gasteiger partial charge in [-0.15, -0.1) is 0 Å². The first-order valence-corrected chi connectivity index (χ1v) is 12.7. The van der Waals surface area contributed by atoms with Crippen molar-refractivity contribution in [2.75, 3.05) is 38.2 Å². The van der Waals surface area contributed by atoms with Crippen molar-refractivity contribution in [2.24, 2.45) is 7.05 Å². The maximum absolute atomic E-state index is 13.8. The van der Waals surface area contributed by atoms with Gasteiger partial charge < -0.3 is 14.2 Å². The molecule has 5 rings (SSSR count). The highest BCUT2D eigenvalue weighted by Crippen LogP contribution is 2.36. The van der Waals surface area contributed by atoms with Gasteiger partial charge in [0.1, 0.15) is 21.7 Å². The van der Waals surface area contributed by atoms with Crippen LogP contribution in [0.1, 0.15) is 22.7 Å². The average molecular weight is 551 g/mol. The Bertz CT molecular complexity index is 1460. The number of rotatable bonds is 5. The van der Waals surface area contributed by atoms with Gasteiger partial charge in [-0.2, -0.15) is 0 Å². The molecule has 1 fully saturated rings. The summed E-state index contributed by atoms with van der Waals surface area (Å²) in [4.78, 5) is 22.4. The third-order valence-electron chi connectivity index (χ3n) is 7.02. The van der Waals surface area contributed by atoms with E-state index in [4.69, 9.17) is 9.72 Å². The number of benzene rings is 2. The Morgan fingerprint density at radius 1 is 1.00 bits per heavy atom. The second-order valence-corrected chi connectivity index (χ2v) is 9.87. The van der Waals surface area contributed by atoms with E-state index in [-0.39, 0.29) is 17.4 Å². The van der Waals surface area contributed by atoms with Crippen molar-refractivity contribution < 1.29 is 9.13 Å². The summed E-state index contributed by atoms with van der Waals surface area (Å²) >= 11 is 3.49. The molecule has 1 aliphatic heterocycles. The normalized spacial score (nSPS) is 15.3. The topological polar surface area (TPSA) is 50.6 Å². The maximum Gasteiger partial charge on any atom is 0.255 e.